The quantitative estimate of drug-likeness (QED) is 0.739. The summed E-state index contributed by atoms with van der Waals surface area (Å²) in [5.74, 6) is 0.173. The molecule has 1 aromatic rings. The predicted molar refractivity (Wildman–Crippen MR) is 60.8 cm³/mol. The van der Waals surface area contributed by atoms with Crippen molar-refractivity contribution in [2.24, 2.45) is 0 Å². The molecule has 1 unspecified atom stereocenters. The predicted octanol–water partition coefficient (Wildman–Crippen LogP) is 3.00. The highest BCUT2D eigenvalue weighted by atomic mass is 16.2. The van der Waals surface area contributed by atoms with Crippen molar-refractivity contribution in [2.45, 2.75) is 32.2 Å². The largest absolute Gasteiger partial charge is 0.335 e. The molecule has 1 amide bonds. The number of amides is 1. The number of carbonyl (C=O) groups excluding carboxylic acids is 1. The normalized spacial score (nSPS) is 19.5. The summed E-state index contributed by atoms with van der Waals surface area (Å²) in [6.07, 6.45) is 3.44. The van der Waals surface area contributed by atoms with Crippen LogP contribution in [-0.4, -0.2) is 17.9 Å². The van der Waals surface area contributed by atoms with Crippen LogP contribution in [0, 0.1) is 0 Å². The Balaban J connectivity index is 2.29. The van der Waals surface area contributed by atoms with Crippen LogP contribution in [0.25, 0.3) is 0 Å². The molecular formula is C13H17NO. The van der Waals surface area contributed by atoms with Crippen LogP contribution in [0.3, 0.4) is 0 Å². The summed E-state index contributed by atoms with van der Waals surface area (Å²) in [4.78, 5) is 13.8. The van der Waals surface area contributed by atoms with E-state index in [2.05, 4.69) is 13.0 Å². The van der Waals surface area contributed by atoms with Crippen LogP contribution >= 0.6 is 0 Å². The van der Waals surface area contributed by atoms with Crippen molar-refractivity contribution < 1.29 is 4.79 Å². The Morgan fingerprint density at radius 2 is 2.07 bits per heavy atom. The first-order valence-corrected chi connectivity index (χ1v) is 5.61. The molecule has 2 nitrogen and oxygen atoms in total. The van der Waals surface area contributed by atoms with Gasteiger partial charge in [-0.25, -0.2) is 0 Å². The summed E-state index contributed by atoms with van der Waals surface area (Å²) in [6.45, 7) is 2.18. The van der Waals surface area contributed by atoms with Gasteiger partial charge in [0, 0.05) is 12.6 Å². The minimum Gasteiger partial charge on any atom is -0.335 e. The molecule has 1 aliphatic heterocycles. The Kier molecular flexibility index (Phi) is 2.76. The van der Waals surface area contributed by atoms with E-state index in [-0.39, 0.29) is 5.91 Å². The molecule has 0 radical (unpaired) electrons. The molecule has 80 valence electrons. The third kappa shape index (κ3) is 1.65. The fraction of sp³-hybridized carbons (Fsp3) is 0.462. The van der Waals surface area contributed by atoms with Crippen molar-refractivity contribution in [3.8, 4) is 0 Å². The molecule has 0 aliphatic carbocycles. The van der Waals surface area contributed by atoms with Gasteiger partial charge in [-0.15, -0.1) is 0 Å². The third-order valence-corrected chi connectivity index (χ3v) is 3.17. The molecule has 0 saturated heterocycles. The van der Waals surface area contributed by atoms with E-state index in [1.165, 1.54) is 18.4 Å². The summed E-state index contributed by atoms with van der Waals surface area (Å²) in [5.41, 5.74) is 2.10. The van der Waals surface area contributed by atoms with Crippen molar-refractivity contribution in [1.29, 1.82) is 0 Å². The smallest absolute Gasteiger partial charge is 0.254 e. The molecular weight excluding hydrogens is 186 g/mol. The maximum atomic E-state index is 11.9. The Bertz CT molecular complexity index is 373. The summed E-state index contributed by atoms with van der Waals surface area (Å²) in [7, 11) is 1.91. The molecule has 1 heterocycles. The van der Waals surface area contributed by atoms with E-state index in [1.807, 2.05) is 30.1 Å². The van der Waals surface area contributed by atoms with Crippen molar-refractivity contribution in [3.05, 3.63) is 35.4 Å². The van der Waals surface area contributed by atoms with E-state index in [0.717, 1.165) is 12.0 Å². The van der Waals surface area contributed by atoms with Gasteiger partial charge in [-0.1, -0.05) is 38.0 Å². The zero-order valence-electron chi connectivity index (χ0n) is 9.36. The Hall–Kier alpha value is -1.31. The number of benzene rings is 1. The summed E-state index contributed by atoms with van der Waals surface area (Å²) < 4.78 is 0. The number of carbonyl (C=O) groups is 1. The SMILES string of the molecule is CCCCC1c2ccccc2C(=O)N1C. The third-order valence-electron chi connectivity index (χ3n) is 3.17. The fourth-order valence-electron chi connectivity index (χ4n) is 2.27. The van der Waals surface area contributed by atoms with Gasteiger partial charge in [0.1, 0.15) is 0 Å². The second kappa shape index (κ2) is 4.05. The number of nitrogens with zero attached hydrogens (tertiary/aromatic N) is 1. The second-order valence-electron chi connectivity index (χ2n) is 4.16. The maximum Gasteiger partial charge on any atom is 0.254 e. The number of hydrogen-bond acceptors (Lipinski definition) is 1. The molecule has 0 N–H and O–H groups in total. The van der Waals surface area contributed by atoms with E-state index in [0.29, 0.717) is 6.04 Å². The average Bonchev–Trinajstić information content (AvgIpc) is 2.51. The van der Waals surface area contributed by atoms with E-state index in [4.69, 9.17) is 0 Å². The highest BCUT2D eigenvalue weighted by Gasteiger charge is 2.32. The monoisotopic (exact) mass is 203 g/mol. The molecule has 0 bridgehead atoms. The molecule has 0 saturated carbocycles. The Morgan fingerprint density at radius 3 is 2.80 bits per heavy atom. The molecule has 1 atom stereocenters. The Morgan fingerprint density at radius 1 is 1.33 bits per heavy atom. The van der Waals surface area contributed by atoms with Gasteiger partial charge in [0.15, 0.2) is 0 Å². The molecule has 2 heteroatoms. The maximum absolute atomic E-state index is 11.9. The van der Waals surface area contributed by atoms with Crippen molar-refractivity contribution in [1.82, 2.24) is 4.90 Å². The first-order valence-electron chi connectivity index (χ1n) is 5.61. The minimum atomic E-state index is 0.173. The minimum absolute atomic E-state index is 0.173. The first-order chi connectivity index (χ1) is 7.25. The van der Waals surface area contributed by atoms with Crippen LogP contribution in [-0.2, 0) is 0 Å². The molecule has 0 aromatic heterocycles. The summed E-state index contributed by atoms with van der Waals surface area (Å²) in [5, 5.41) is 0. The van der Waals surface area contributed by atoms with Crippen molar-refractivity contribution >= 4 is 5.91 Å². The van der Waals surface area contributed by atoms with Crippen LogP contribution in [0.5, 0.6) is 0 Å². The highest BCUT2D eigenvalue weighted by molar-refractivity contribution is 5.98. The molecule has 1 aliphatic rings. The molecule has 2 rings (SSSR count). The van der Waals surface area contributed by atoms with Gasteiger partial charge in [-0.05, 0) is 18.1 Å². The van der Waals surface area contributed by atoms with Crippen molar-refractivity contribution in [2.75, 3.05) is 7.05 Å². The van der Waals surface area contributed by atoms with Gasteiger partial charge >= 0.3 is 0 Å². The van der Waals surface area contributed by atoms with Crippen LogP contribution in [0.1, 0.15) is 48.1 Å². The van der Waals surface area contributed by atoms with Crippen LogP contribution in [0.15, 0.2) is 24.3 Å². The number of hydrogen-bond donors (Lipinski definition) is 0. The lowest BCUT2D eigenvalue weighted by Gasteiger charge is -2.20. The summed E-state index contributed by atoms with van der Waals surface area (Å²) >= 11 is 0. The number of unbranched alkanes of at least 4 members (excludes halogenated alkanes) is 1. The van der Waals surface area contributed by atoms with Crippen LogP contribution in [0.2, 0.25) is 0 Å². The zero-order chi connectivity index (χ0) is 10.8. The zero-order valence-corrected chi connectivity index (χ0v) is 9.36. The van der Waals surface area contributed by atoms with E-state index in [9.17, 15) is 4.79 Å². The first kappa shape index (κ1) is 10.2. The lowest BCUT2D eigenvalue weighted by molar-refractivity contribution is 0.0767. The van der Waals surface area contributed by atoms with Crippen molar-refractivity contribution in [3.63, 3.8) is 0 Å². The Labute approximate surface area is 90.9 Å². The van der Waals surface area contributed by atoms with E-state index in [1.54, 1.807) is 0 Å². The van der Waals surface area contributed by atoms with Gasteiger partial charge in [0.05, 0.1) is 6.04 Å². The summed E-state index contributed by atoms with van der Waals surface area (Å²) in [6, 6.07) is 8.27. The highest BCUT2D eigenvalue weighted by Crippen LogP contribution is 2.35. The standard InChI is InChI=1S/C13H17NO/c1-3-4-9-12-10-7-5-6-8-11(10)13(15)14(12)2/h5-8,12H,3-4,9H2,1-2H3. The van der Waals surface area contributed by atoms with E-state index >= 15 is 0 Å². The molecule has 1 aromatic carbocycles. The topological polar surface area (TPSA) is 20.3 Å². The average molecular weight is 203 g/mol. The van der Waals surface area contributed by atoms with Gasteiger partial charge in [-0.3, -0.25) is 4.79 Å². The number of rotatable bonds is 3. The lowest BCUT2D eigenvalue weighted by atomic mass is 10.0. The van der Waals surface area contributed by atoms with Crippen LogP contribution in [0.4, 0.5) is 0 Å². The van der Waals surface area contributed by atoms with Gasteiger partial charge in [0.2, 0.25) is 0 Å². The fourth-order valence-corrected chi connectivity index (χ4v) is 2.27. The van der Waals surface area contributed by atoms with Crippen LogP contribution < -0.4 is 0 Å². The van der Waals surface area contributed by atoms with Gasteiger partial charge in [-0.2, -0.15) is 0 Å². The second-order valence-corrected chi connectivity index (χ2v) is 4.16. The molecule has 0 spiro atoms. The lowest BCUT2D eigenvalue weighted by Crippen LogP contribution is -2.22. The molecule has 0 fully saturated rings. The number of fused-ring (bicyclic) bond motifs is 1. The van der Waals surface area contributed by atoms with Gasteiger partial charge < -0.3 is 4.90 Å². The van der Waals surface area contributed by atoms with Gasteiger partial charge in [0.25, 0.3) is 5.91 Å². The molecule has 15 heavy (non-hydrogen) atoms. The van der Waals surface area contributed by atoms with E-state index < -0.39 is 0 Å².